The molecular weight excluding hydrogens is 320 g/mol. The molecular formula is C20H25ClN2O. The first-order valence-electron chi connectivity index (χ1n) is 8.58. The first kappa shape index (κ1) is 17.2. The van der Waals surface area contributed by atoms with Crippen molar-refractivity contribution in [3.63, 3.8) is 0 Å². The number of carbonyl (C=O) groups is 1. The minimum absolute atomic E-state index is 0. The zero-order chi connectivity index (χ0) is 16.0. The van der Waals surface area contributed by atoms with Crippen LogP contribution >= 0.6 is 12.4 Å². The Morgan fingerprint density at radius 1 is 1.25 bits per heavy atom. The number of nitrogens with zero attached hydrogens (tertiary/aromatic N) is 1. The van der Waals surface area contributed by atoms with Crippen molar-refractivity contribution in [3.05, 3.63) is 48.0 Å². The highest BCUT2D eigenvalue weighted by Crippen LogP contribution is 2.51. The van der Waals surface area contributed by atoms with Crippen LogP contribution in [0, 0.1) is 11.3 Å². The Bertz CT molecular complexity index is 757. The van der Waals surface area contributed by atoms with Gasteiger partial charge in [0.2, 0.25) is 5.91 Å². The smallest absolute Gasteiger partial charge is 0.226 e. The predicted molar refractivity (Wildman–Crippen MR) is 100 cm³/mol. The molecule has 0 aromatic heterocycles. The van der Waals surface area contributed by atoms with E-state index in [0.717, 1.165) is 25.9 Å². The number of fused-ring (bicyclic) bond motifs is 1. The molecule has 1 aliphatic heterocycles. The maximum Gasteiger partial charge on any atom is 0.226 e. The molecule has 1 amide bonds. The minimum Gasteiger partial charge on any atom is -0.342 e. The molecule has 2 fully saturated rings. The second kappa shape index (κ2) is 6.38. The van der Waals surface area contributed by atoms with Crippen LogP contribution < -0.4 is 5.73 Å². The fourth-order valence-corrected chi connectivity index (χ4v) is 4.00. The molecule has 0 spiro atoms. The Morgan fingerprint density at radius 3 is 2.75 bits per heavy atom. The van der Waals surface area contributed by atoms with E-state index in [1.807, 2.05) is 4.90 Å². The summed E-state index contributed by atoms with van der Waals surface area (Å²) in [6.45, 7) is 4.54. The molecule has 1 aliphatic carbocycles. The summed E-state index contributed by atoms with van der Waals surface area (Å²) >= 11 is 0. The normalized spacial score (nSPS) is 28.7. The monoisotopic (exact) mass is 344 g/mol. The van der Waals surface area contributed by atoms with Gasteiger partial charge in [-0.25, -0.2) is 0 Å². The van der Waals surface area contributed by atoms with Gasteiger partial charge in [-0.3, -0.25) is 4.79 Å². The fraction of sp³-hybridized carbons (Fsp3) is 0.450. The van der Waals surface area contributed by atoms with Gasteiger partial charge in [-0.15, -0.1) is 12.4 Å². The van der Waals surface area contributed by atoms with E-state index in [1.165, 1.54) is 16.3 Å². The summed E-state index contributed by atoms with van der Waals surface area (Å²) in [5.74, 6) is 0.888. The Morgan fingerprint density at radius 2 is 2.00 bits per heavy atom. The molecule has 2 aromatic carbocycles. The number of halogens is 1. The quantitative estimate of drug-likeness (QED) is 0.925. The summed E-state index contributed by atoms with van der Waals surface area (Å²) in [5.41, 5.74) is 7.31. The van der Waals surface area contributed by atoms with Crippen molar-refractivity contribution in [1.82, 2.24) is 4.90 Å². The standard InChI is InChI=1S/C20H24N2O.ClH/c1-20(12-21)9-10-22(13-20)19(23)18-11-17(18)16-8-4-6-14-5-2-3-7-15(14)16;/h2-8,17-18H,9-13,21H2,1H3;1H. The predicted octanol–water partition coefficient (Wildman–Crippen LogP) is 3.56. The molecule has 4 heteroatoms. The van der Waals surface area contributed by atoms with E-state index in [2.05, 4.69) is 49.4 Å². The van der Waals surface area contributed by atoms with Gasteiger partial charge in [0.25, 0.3) is 0 Å². The van der Waals surface area contributed by atoms with Crippen LogP contribution in [0.25, 0.3) is 10.8 Å². The number of carbonyl (C=O) groups excluding carboxylic acids is 1. The fourth-order valence-electron chi connectivity index (χ4n) is 4.00. The Hall–Kier alpha value is -1.58. The van der Waals surface area contributed by atoms with Gasteiger partial charge < -0.3 is 10.6 Å². The van der Waals surface area contributed by atoms with Gasteiger partial charge in [-0.05, 0) is 47.1 Å². The third-order valence-electron chi connectivity index (χ3n) is 5.69. The minimum atomic E-state index is 0. The van der Waals surface area contributed by atoms with Gasteiger partial charge in [0.1, 0.15) is 0 Å². The highest BCUT2D eigenvalue weighted by atomic mass is 35.5. The van der Waals surface area contributed by atoms with E-state index in [1.54, 1.807) is 0 Å². The van der Waals surface area contributed by atoms with Crippen molar-refractivity contribution in [3.8, 4) is 0 Å². The number of hydrogen-bond donors (Lipinski definition) is 1. The summed E-state index contributed by atoms with van der Waals surface area (Å²) in [4.78, 5) is 14.9. The van der Waals surface area contributed by atoms with Gasteiger partial charge >= 0.3 is 0 Å². The number of amides is 1. The molecule has 24 heavy (non-hydrogen) atoms. The molecule has 0 bridgehead atoms. The van der Waals surface area contributed by atoms with E-state index in [9.17, 15) is 4.79 Å². The Labute approximate surface area is 149 Å². The number of benzene rings is 2. The lowest BCUT2D eigenvalue weighted by atomic mass is 9.90. The highest BCUT2D eigenvalue weighted by molar-refractivity contribution is 5.89. The van der Waals surface area contributed by atoms with E-state index in [4.69, 9.17) is 5.73 Å². The van der Waals surface area contributed by atoms with E-state index in [0.29, 0.717) is 18.4 Å². The van der Waals surface area contributed by atoms with Crippen molar-refractivity contribution in [2.45, 2.75) is 25.7 Å². The van der Waals surface area contributed by atoms with Gasteiger partial charge in [-0.2, -0.15) is 0 Å². The zero-order valence-corrected chi connectivity index (χ0v) is 14.9. The largest absolute Gasteiger partial charge is 0.342 e. The van der Waals surface area contributed by atoms with Crippen molar-refractivity contribution in [2.75, 3.05) is 19.6 Å². The van der Waals surface area contributed by atoms with Crippen LogP contribution in [0.15, 0.2) is 42.5 Å². The second-order valence-corrected chi connectivity index (χ2v) is 7.54. The maximum atomic E-state index is 12.8. The molecule has 2 aromatic rings. The summed E-state index contributed by atoms with van der Waals surface area (Å²) in [6.07, 6.45) is 2.02. The lowest BCUT2D eigenvalue weighted by molar-refractivity contribution is -0.131. The molecule has 128 valence electrons. The summed E-state index contributed by atoms with van der Waals surface area (Å²) in [6, 6.07) is 14.9. The molecule has 1 saturated carbocycles. The van der Waals surface area contributed by atoms with Crippen molar-refractivity contribution >= 4 is 29.1 Å². The van der Waals surface area contributed by atoms with Gasteiger partial charge in [-0.1, -0.05) is 49.4 Å². The summed E-state index contributed by atoms with van der Waals surface area (Å²) < 4.78 is 0. The lowest BCUT2D eigenvalue weighted by Crippen LogP contribution is -2.35. The van der Waals surface area contributed by atoms with Crippen LogP contribution in [-0.4, -0.2) is 30.4 Å². The van der Waals surface area contributed by atoms with Gasteiger partial charge in [0, 0.05) is 19.0 Å². The van der Waals surface area contributed by atoms with Crippen LogP contribution in [-0.2, 0) is 4.79 Å². The molecule has 4 rings (SSSR count). The molecule has 2 N–H and O–H groups in total. The topological polar surface area (TPSA) is 46.3 Å². The summed E-state index contributed by atoms with van der Waals surface area (Å²) in [5, 5.41) is 2.56. The van der Waals surface area contributed by atoms with Gasteiger partial charge in [0.15, 0.2) is 0 Å². The van der Waals surface area contributed by atoms with Crippen LogP contribution in [0.5, 0.6) is 0 Å². The third kappa shape index (κ3) is 2.91. The van der Waals surface area contributed by atoms with Crippen molar-refractivity contribution in [1.29, 1.82) is 0 Å². The van der Waals surface area contributed by atoms with E-state index < -0.39 is 0 Å². The van der Waals surface area contributed by atoms with Crippen molar-refractivity contribution in [2.24, 2.45) is 17.1 Å². The molecule has 0 radical (unpaired) electrons. The molecule has 3 unspecified atom stereocenters. The molecule has 1 heterocycles. The first-order valence-corrected chi connectivity index (χ1v) is 8.58. The average Bonchev–Trinajstić information content (AvgIpc) is 3.28. The number of likely N-dealkylation sites (tertiary alicyclic amines) is 1. The zero-order valence-electron chi connectivity index (χ0n) is 14.1. The van der Waals surface area contributed by atoms with Crippen LogP contribution in [0.2, 0.25) is 0 Å². The molecule has 2 aliphatic rings. The van der Waals surface area contributed by atoms with E-state index in [-0.39, 0.29) is 23.7 Å². The Balaban J connectivity index is 0.00000169. The highest BCUT2D eigenvalue weighted by Gasteiger charge is 2.48. The lowest BCUT2D eigenvalue weighted by Gasteiger charge is -2.22. The van der Waals surface area contributed by atoms with Crippen LogP contribution in [0.4, 0.5) is 0 Å². The van der Waals surface area contributed by atoms with E-state index >= 15 is 0 Å². The molecule has 3 nitrogen and oxygen atoms in total. The number of hydrogen-bond acceptors (Lipinski definition) is 2. The maximum absolute atomic E-state index is 12.8. The molecule has 1 saturated heterocycles. The van der Waals surface area contributed by atoms with Crippen LogP contribution in [0.1, 0.15) is 31.2 Å². The number of nitrogens with two attached hydrogens (primary N) is 1. The SMILES string of the molecule is CC1(CN)CCN(C(=O)C2CC2c2cccc3ccccc23)C1.Cl. The van der Waals surface area contributed by atoms with Gasteiger partial charge in [0.05, 0.1) is 0 Å². The average molecular weight is 345 g/mol. The second-order valence-electron chi connectivity index (χ2n) is 7.54. The first-order chi connectivity index (χ1) is 11.1. The van der Waals surface area contributed by atoms with Crippen molar-refractivity contribution < 1.29 is 4.79 Å². The van der Waals surface area contributed by atoms with Crippen LogP contribution in [0.3, 0.4) is 0 Å². The molecule has 3 atom stereocenters. The Kier molecular flexibility index (Phi) is 4.58. The third-order valence-corrected chi connectivity index (χ3v) is 5.69. The summed E-state index contributed by atoms with van der Waals surface area (Å²) in [7, 11) is 0. The number of rotatable bonds is 3.